The van der Waals surface area contributed by atoms with E-state index in [0.29, 0.717) is 11.4 Å². The van der Waals surface area contributed by atoms with Crippen molar-refractivity contribution in [3.05, 3.63) is 24.0 Å². The molecule has 94 valence electrons. The van der Waals surface area contributed by atoms with Crippen molar-refractivity contribution in [1.82, 2.24) is 4.98 Å². The summed E-state index contributed by atoms with van der Waals surface area (Å²) in [4.78, 5) is 5.39. The first kappa shape index (κ1) is 12.2. The minimum absolute atomic E-state index is 0.0221. The van der Waals surface area contributed by atoms with E-state index in [1.165, 1.54) is 4.90 Å². The molecule has 1 aliphatic rings. The summed E-state index contributed by atoms with van der Waals surface area (Å²) in [5, 5.41) is 0. The highest BCUT2D eigenvalue weighted by molar-refractivity contribution is 5.52. The number of hydrogen-bond acceptors (Lipinski definition) is 3. The van der Waals surface area contributed by atoms with Gasteiger partial charge >= 0.3 is 6.18 Å². The van der Waals surface area contributed by atoms with Crippen molar-refractivity contribution in [2.45, 2.75) is 31.6 Å². The summed E-state index contributed by atoms with van der Waals surface area (Å²) in [6.45, 7) is -0.784. The molecular weight excluding hydrogens is 231 g/mol. The van der Waals surface area contributed by atoms with Crippen LogP contribution in [0.2, 0.25) is 0 Å². The van der Waals surface area contributed by atoms with Gasteiger partial charge in [-0.2, -0.15) is 13.2 Å². The second-order valence-corrected chi connectivity index (χ2v) is 4.15. The number of hydrogen-bond donors (Lipinski definition) is 1. The Labute approximate surface area is 97.4 Å². The van der Waals surface area contributed by atoms with Gasteiger partial charge in [-0.25, -0.2) is 0 Å². The molecule has 1 heterocycles. The molecule has 1 saturated carbocycles. The molecule has 0 aliphatic heterocycles. The van der Waals surface area contributed by atoms with Gasteiger partial charge < -0.3 is 10.6 Å². The number of pyridine rings is 1. The Morgan fingerprint density at radius 1 is 1.41 bits per heavy atom. The van der Waals surface area contributed by atoms with Crippen LogP contribution >= 0.6 is 0 Å². The summed E-state index contributed by atoms with van der Waals surface area (Å²) < 4.78 is 37.6. The lowest BCUT2D eigenvalue weighted by Crippen LogP contribution is -2.36. The molecule has 2 rings (SSSR count). The van der Waals surface area contributed by atoms with Crippen molar-refractivity contribution < 1.29 is 13.2 Å². The van der Waals surface area contributed by atoms with Gasteiger partial charge in [0.25, 0.3) is 0 Å². The standard InChI is InChI=1S/C11H14F3N3/c12-11(13,14)7-17(8-3-4-8)10-2-1-5-16-9(10)6-15/h1-2,5,8H,3-4,6-7,15H2. The zero-order chi connectivity index (χ0) is 12.5. The van der Waals surface area contributed by atoms with Crippen LogP contribution in [0.3, 0.4) is 0 Å². The fourth-order valence-corrected chi connectivity index (χ4v) is 1.84. The maximum atomic E-state index is 12.5. The Morgan fingerprint density at radius 3 is 2.65 bits per heavy atom. The van der Waals surface area contributed by atoms with Crippen LogP contribution in [0.1, 0.15) is 18.5 Å². The van der Waals surface area contributed by atoms with Gasteiger partial charge in [-0.15, -0.1) is 0 Å². The third-order valence-electron chi connectivity index (χ3n) is 2.71. The second-order valence-electron chi connectivity index (χ2n) is 4.15. The molecule has 0 saturated heterocycles. The molecule has 1 aliphatic carbocycles. The van der Waals surface area contributed by atoms with E-state index in [1.54, 1.807) is 18.3 Å². The SMILES string of the molecule is NCc1ncccc1N(CC(F)(F)F)C1CC1. The van der Waals surface area contributed by atoms with E-state index in [4.69, 9.17) is 5.73 Å². The number of halogens is 3. The van der Waals surface area contributed by atoms with Crippen molar-refractivity contribution in [3.63, 3.8) is 0 Å². The van der Waals surface area contributed by atoms with Crippen LogP contribution in [0.5, 0.6) is 0 Å². The molecule has 0 atom stereocenters. The number of aromatic nitrogens is 1. The molecule has 0 unspecified atom stereocenters. The lowest BCUT2D eigenvalue weighted by molar-refractivity contribution is -0.120. The van der Waals surface area contributed by atoms with Gasteiger partial charge in [-0.1, -0.05) is 0 Å². The first-order chi connectivity index (χ1) is 8.01. The van der Waals surface area contributed by atoms with Gasteiger partial charge in [0.05, 0.1) is 11.4 Å². The Hall–Kier alpha value is -1.30. The summed E-state index contributed by atoms with van der Waals surface area (Å²) in [6.07, 6.45) is -1.06. The van der Waals surface area contributed by atoms with E-state index in [0.717, 1.165) is 12.8 Å². The van der Waals surface area contributed by atoms with Crippen LogP contribution in [-0.2, 0) is 6.54 Å². The molecule has 1 aromatic rings. The molecule has 2 N–H and O–H groups in total. The quantitative estimate of drug-likeness (QED) is 0.883. The molecule has 0 amide bonds. The molecular formula is C11H14F3N3. The lowest BCUT2D eigenvalue weighted by Gasteiger charge is -2.27. The fraction of sp³-hybridized carbons (Fsp3) is 0.545. The molecule has 0 spiro atoms. The van der Waals surface area contributed by atoms with Gasteiger partial charge in [0.1, 0.15) is 6.54 Å². The number of anilines is 1. The average molecular weight is 245 g/mol. The number of alkyl halides is 3. The topological polar surface area (TPSA) is 42.1 Å². The van der Waals surface area contributed by atoms with Crippen molar-refractivity contribution in [3.8, 4) is 0 Å². The Bertz CT molecular complexity index is 388. The fourth-order valence-electron chi connectivity index (χ4n) is 1.84. The molecule has 3 nitrogen and oxygen atoms in total. The molecule has 6 heteroatoms. The lowest BCUT2D eigenvalue weighted by atomic mass is 10.2. The van der Waals surface area contributed by atoms with Crippen LogP contribution in [0.25, 0.3) is 0 Å². The van der Waals surface area contributed by atoms with Gasteiger partial charge in [0.15, 0.2) is 0 Å². The highest BCUT2D eigenvalue weighted by Crippen LogP contribution is 2.35. The van der Waals surface area contributed by atoms with Gasteiger partial charge in [-0.05, 0) is 25.0 Å². The van der Waals surface area contributed by atoms with Crippen molar-refractivity contribution in [2.24, 2.45) is 5.73 Å². The summed E-state index contributed by atoms with van der Waals surface area (Å²) in [5.74, 6) is 0. The predicted molar refractivity (Wildman–Crippen MR) is 58.6 cm³/mol. The minimum Gasteiger partial charge on any atom is -0.358 e. The zero-order valence-electron chi connectivity index (χ0n) is 9.24. The molecule has 1 aromatic heterocycles. The second kappa shape index (κ2) is 4.52. The monoisotopic (exact) mass is 245 g/mol. The molecule has 0 bridgehead atoms. The predicted octanol–water partition coefficient (Wildman–Crippen LogP) is 2.07. The zero-order valence-corrected chi connectivity index (χ0v) is 9.24. The highest BCUT2D eigenvalue weighted by Gasteiger charge is 2.38. The summed E-state index contributed by atoms with van der Waals surface area (Å²) in [6, 6.07) is 3.27. The summed E-state index contributed by atoms with van der Waals surface area (Å²) >= 11 is 0. The van der Waals surface area contributed by atoms with Gasteiger partial charge in [0.2, 0.25) is 0 Å². The normalized spacial score (nSPS) is 16.0. The van der Waals surface area contributed by atoms with Crippen LogP contribution < -0.4 is 10.6 Å². The maximum absolute atomic E-state index is 12.5. The third-order valence-corrected chi connectivity index (χ3v) is 2.71. The van der Waals surface area contributed by atoms with Crippen molar-refractivity contribution in [2.75, 3.05) is 11.4 Å². The first-order valence-corrected chi connectivity index (χ1v) is 5.48. The molecule has 0 radical (unpaired) electrons. The van der Waals surface area contributed by atoms with Crippen LogP contribution in [0.15, 0.2) is 18.3 Å². The van der Waals surface area contributed by atoms with E-state index < -0.39 is 12.7 Å². The van der Waals surface area contributed by atoms with E-state index in [9.17, 15) is 13.2 Å². The number of rotatable bonds is 4. The van der Waals surface area contributed by atoms with E-state index in [2.05, 4.69) is 4.98 Å². The van der Waals surface area contributed by atoms with Gasteiger partial charge in [0, 0.05) is 18.8 Å². The van der Waals surface area contributed by atoms with Crippen LogP contribution in [-0.4, -0.2) is 23.7 Å². The number of nitrogens with two attached hydrogens (primary N) is 1. The Kier molecular flexibility index (Phi) is 3.24. The smallest absolute Gasteiger partial charge is 0.358 e. The minimum atomic E-state index is -4.20. The average Bonchev–Trinajstić information content (AvgIpc) is 3.08. The van der Waals surface area contributed by atoms with Crippen LogP contribution in [0.4, 0.5) is 18.9 Å². The highest BCUT2D eigenvalue weighted by atomic mass is 19.4. The summed E-state index contributed by atoms with van der Waals surface area (Å²) in [5.41, 5.74) is 6.53. The molecule has 1 fully saturated rings. The largest absolute Gasteiger partial charge is 0.405 e. The van der Waals surface area contributed by atoms with Crippen LogP contribution in [0, 0.1) is 0 Å². The number of nitrogens with zero attached hydrogens (tertiary/aromatic N) is 2. The van der Waals surface area contributed by atoms with Crippen molar-refractivity contribution in [1.29, 1.82) is 0 Å². The third kappa shape index (κ3) is 3.09. The van der Waals surface area contributed by atoms with Gasteiger partial charge in [-0.3, -0.25) is 4.98 Å². The molecule has 0 aromatic carbocycles. The Morgan fingerprint density at radius 2 is 2.12 bits per heavy atom. The summed E-state index contributed by atoms with van der Waals surface area (Å²) in [7, 11) is 0. The van der Waals surface area contributed by atoms with E-state index in [1.807, 2.05) is 0 Å². The Balaban J connectivity index is 2.26. The van der Waals surface area contributed by atoms with E-state index >= 15 is 0 Å². The van der Waals surface area contributed by atoms with E-state index in [-0.39, 0.29) is 12.6 Å². The molecule has 17 heavy (non-hydrogen) atoms. The first-order valence-electron chi connectivity index (χ1n) is 5.48. The van der Waals surface area contributed by atoms with Crippen molar-refractivity contribution >= 4 is 5.69 Å². The maximum Gasteiger partial charge on any atom is 0.405 e.